The van der Waals surface area contributed by atoms with Gasteiger partial charge >= 0.3 is 0 Å². The molecule has 4 aliphatic rings. The van der Waals surface area contributed by atoms with Gasteiger partial charge in [0, 0.05) is 0 Å². The van der Waals surface area contributed by atoms with Gasteiger partial charge in [0.1, 0.15) is 0 Å². The number of allylic oxidation sites excluding steroid dienone is 4. The highest BCUT2D eigenvalue weighted by molar-refractivity contribution is 5.10. The van der Waals surface area contributed by atoms with Gasteiger partial charge < -0.3 is 0 Å². The van der Waals surface area contributed by atoms with Gasteiger partial charge in [0.25, 0.3) is 0 Å². The first-order valence-corrected chi connectivity index (χ1v) is 19.2. The maximum Gasteiger partial charge on any atom is -0.0199 e. The Balaban J connectivity index is 0.000000222. The highest BCUT2D eigenvalue weighted by Crippen LogP contribution is 2.46. The van der Waals surface area contributed by atoms with E-state index >= 15 is 0 Å². The molecule has 4 bridgehead atoms. The minimum absolute atomic E-state index is 0.970. The van der Waals surface area contributed by atoms with Crippen LogP contribution in [0, 0.1) is 35.5 Å². The first kappa shape index (κ1) is 34.0. The summed E-state index contributed by atoms with van der Waals surface area (Å²) >= 11 is 0. The van der Waals surface area contributed by atoms with Crippen LogP contribution in [0.1, 0.15) is 194 Å². The fourth-order valence-corrected chi connectivity index (χ4v) is 8.59. The molecule has 0 N–H and O–H groups in total. The zero-order valence-electron chi connectivity index (χ0n) is 27.6. The Morgan fingerprint density at radius 3 is 0.900 bits per heavy atom. The summed E-state index contributed by atoms with van der Waals surface area (Å²) in [6, 6.07) is 0. The minimum atomic E-state index is 0.970. The average Bonchev–Trinajstić information content (AvgIpc) is 3.78. The van der Waals surface area contributed by atoms with E-state index < -0.39 is 0 Å². The maximum absolute atomic E-state index is 2.51. The minimum Gasteiger partial charge on any atom is -0.0851 e. The van der Waals surface area contributed by atoms with Crippen molar-refractivity contribution in [1.29, 1.82) is 0 Å². The van der Waals surface area contributed by atoms with Crippen LogP contribution in [0.25, 0.3) is 0 Å². The smallest absolute Gasteiger partial charge is 0.0199 e. The van der Waals surface area contributed by atoms with Crippen LogP contribution in [0.4, 0.5) is 0 Å². The first-order valence-electron chi connectivity index (χ1n) is 19.2. The highest BCUT2D eigenvalue weighted by atomic mass is 14.4. The van der Waals surface area contributed by atoms with Gasteiger partial charge in [-0.1, -0.05) is 179 Å². The molecular weight excluding hydrogens is 480 g/mol. The number of fused-ring (bicyclic) bond motifs is 4. The van der Waals surface area contributed by atoms with E-state index in [2.05, 4.69) is 38.2 Å². The summed E-state index contributed by atoms with van der Waals surface area (Å²) in [5, 5.41) is 0. The number of unbranched alkanes of at least 4 members (excludes halogenated alkanes) is 20. The molecule has 2 saturated carbocycles. The summed E-state index contributed by atoms with van der Waals surface area (Å²) in [7, 11) is 0. The molecule has 4 aliphatic carbocycles. The summed E-state index contributed by atoms with van der Waals surface area (Å²) in [6.45, 7) is 4.60. The third-order valence-corrected chi connectivity index (χ3v) is 11.2. The first-order chi connectivity index (χ1) is 19.8. The topological polar surface area (TPSA) is 0 Å². The van der Waals surface area contributed by atoms with Gasteiger partial charge in [-0.3, -0.25) is 0 Å². The van der Waals surface area contributed by atoms with E-state index in [1.165, 1.54) is 180 Å². The van der Waals surface area contributed by atoms with Crippen molar-refractivity contribution in [1.82, 2.24) is 0 Å². The fraction of sp³-hybridized carbons (Fsp3) is 0.900. The van der Waals surface area contributed by atoms with E-state index in [0.29, 0.717) is 0 Å². The lowest BCUT2D eigenvalue weighted by atomic mass is 9.88. The lowest BCUT2D eigenvalue weighted by Gasteiger charge is -2.17. The predicted octanol–water partition coefficient (Wildman–Crippen LogP) is 13.8. The molecule has 4 rings (SSSR count). The molecule has 0 aliphatic heterocycles. The van der Waals surface area contributed by atoms with Crippen LogP contribution >= 0.6 is 0 Å². The molecule has 0 aromatic carbocycles. The van der Waals surface area contributed by atoms with Gasteiger partial charge in [0.2, 0.25) is 0 Å². The number of hydrogen-bond acceptors (Lipinski definition) is 0. The fourth-order valence-electron chi connectivity index (χ4n) is 8.59. The molecule has 0 aromatic rings. The van der Waals surface area contributed by atoms with E-state index in [9.17, 15) is 0 Å². The Morgan fingerprint density at radius 2 is 0.650 bits per heavy atom. The Morgan fingerprint density at radius 1 is 0.350 bits per heavy atom. The Labute approximate surface area is 253 Å². The quantitative estimate of drug-likeness (QED) is 0.0825. The Bertz CT molecular complexity index is 642. The van der Waals surface area contributed by atoms with Crippen LogP contribution in [-0.2, 0) is 0 Å². The second-order valence-electron chi connectivity index (χ2n) is 14.7. The monoisotopic (exact) mass is 553 g/mol. The third kappa shape index (κ3) is 14.1. The van der Waals surface area contributed by atoms with Gasteiger partial charge in [-0.2, -0.15) is 0 Å². The molecular formula is C40H72. The van der Waals surface area contributed by atoms with Gasteiger partial charge in [-0.05, 0) is 74.0 Å². The van der Waals surface area contributed by atoms with Crippen molar-refractivity contribution in [2.45, 2.75) is 194 Å². The molecule has 0 heteroatoms. The van der Waals surface area contributed by atoms with Crippen molar-refractivity contribution < 1.29 is 0 Å². The predicted molar refractivity (Wildman–Crippen MR) is 180 cm³/mol. The molecule has 0 radical (unpaired) electrons. The molecule has 6 atom stereocenters. The summed E-state index contributed by atoms with van der Waals surface area (Å²) in [6.07, 6.45) is 51.4. The van der Waals surface area contributed by atoms with E-state index in [-0.39, 0.29) is 0 Å². The standard InChI is InChI=1S/C21H38.C19H34/c1-2-3-4-5-6-7-8-9-10-11-12-13-14-20-17-19-15-16-21(20)18-19;1-2-3-4-5-6-7-8-9-10-11-12-18-15-17-13-14-19(18)16-17/h15-16,19-21H,2-14,17-18H2,1H3;13-14,17-19H,2-12,15-16H2,1H3. The second-order valence-corrected chi connectivity index (χ2v) is 14.7. The zero-order chi connectivity index (χ0) is 28.1. The lowest BCUT2D eigenvalue weighted by Crippen LogP contribution is -2.06. The number of rotatable bonds is 24. The van der Waals surface area contributed by atoms with Crippen molar-refractivity contribution in [2.75, 3.05) is 0 Å². The van der Waals surface area contributed by atoms with E-state index in [1.807, 2.05) is 0 Å². The van der Waals surface area contributed by atoms with Gasteiger partial charge in [-0.25, -0.2) is 0 Å². The van der Waals surface area contributed by atoms with Crippen LogP contribution in [0.3, 0.4) is 0 Å². The van der Waals surface area contributed by atoms with Crippen molar-refractivity contribution in [3.63, 3.8) is 0 Å². The summed E-state index contributed by atoms with van der Waals surface area (Å²) in [5.41, 5.74) is 0. The molecule has 0 amide bonds. The molecule has 0 spiro atoms. The summed E-state index contributed by atoms with van der Waals surface area (Å²) in [5.74, 6) is 6.01. The van der Waals surface area contributed by atoms with Crippen LogP contribution in [0.5, 0.6) is 0 Å². The Hall–Kier alpha value is -0.520. The van der Waals surface area contributed by atoms with Crippen LogP contribution in [0.2, 0.25) is 0 Å². The average molecular weight is 553 g/mol. The van der Waals surface area contributed by atoms with E-state index in [4.69, 9.17) is 0 Å². The lowest BCUT2D eigenvalue weighted by molar-refractivity contribution is 0.393. The SMILES string of the molecule is CCCCCCCCCCCCC1CC2C=CC1C2.CCCCCCCCCCCCCCC1CC2C=CC1C2. The van der Waals surface area contributed by atoms with Crippen molar-refractivity contribution in [2.24, 2.45) is 35.5 Å². The van der Waals surface area contributed by atoms with Crippen molar-refractivity contribution >= 4 is 0 Å². The molecule has 232 valence electrons. The van der Waals surface area contributed by atoms with Crippen LogP contribution in [0.15, 0.2) is 24.3 Å². The largest absolute Gasteiger partial charge is 0.0851 e. The number of hydrogen-bond donors (Lipinski definition) is 0. The van der Waals surface area contributed by atoms with E-state index in [1.54, 1.807) is 0 Å². The summed E-state index contributed by atoms with van der Waals surface area (Å²) in [4.78, 5) is 0. The second kappa shape index (κ2) is 22.1. The summed E-state index contributed by atoms with van der Waals surface area (Å²) < 4.78 is 0. The molecule has 0 nitrogen and oxygen atoms in total. The van der Waals surface area contributed by atoms with Gasteiger partial charge in [0.15, 0.2) is 0 Å². The van der Waals surface area contributed by atoms with Gasteiger partial charge in [0.05, 0.1) is 0 Å². The molecule has 6 unspecified atom stereocenters. The van der Waals surface area contributed by atoms with Crippen molar-refractivity contribution in [3.05, 3.63) is 24.3 Å². The molecule has 2 fully saturated rings. The molecule has 0 aromatic heterocycles. The molecule has 40 heavy (non-hydrogen) atoms. The third-order valence-electron chi connectivity index (χ3n) is 11.2. The molecule has 0 saturated heterocycles. The van der Waals surface area contributed by atoms with Gasteiger partial charge in [-0.15, -0.1) is 0 Å². The Kier molecular flexibility index (Phi) is 18.8. The van der Waals surface area contributed by atoms with Crippen molar-refractivity contribution in [3.8, 4) is 0 Å². The highest BCUT2D eigenvalue weighted by Gasteiger charge is 2.35. The van der Waals surface area contributed by atoms with Crippen LogP contribution in [-0.4, -0.2) is 0 Å². The van der Waals surface area contributed by atoms with E-state index in [0.717, 1.165) is 35.5 Å². The zero-order valence-corrected chi connectivity index (χ0v) is 27.6. The maximum atomic E-state index is 2.51. The normalized spacial score (nSPS) is 27.6. The van der Waals surface area contributed by atoms with Crippen LogP contribution < -0.4 is 0 Å². The molecule has 0 heterocycles.